The number of alkyl halides is 1. The van der Waals surface area contributed by atoms with Gasteiger partial charge in [0.15, 0.2) is 0 Å². The lowest BCUT2D eigenvalue weighted by Crippen LogP contribution is -2.25. The predicted molar refractivity (Wildman–Crippen MR) is 77.3 cm³/mol. The second-order valence-corrected chi connectivity index (χ2v) is 4.75. The molecule has 1 amide bonds. The highest BCUT2D eigenvalue weighted by atomic mass is 35.5. The van der Waals surface area contributed by atoms with E-state index >= 15 is 0 Å². The average Bonchev–Trinajstić information content (AvgIpc) is 2.42. The van der Waals surface area contributed by atoms with E-state index in [0.29, 0.717) is 0 Å². The van der Waals surface area contributed by atoms with Gasteiger partial charge in [0, 0.05) is 18.0 Å². The van der Waals surface area contributed by atoms with Crippen molar-refractivity contribution in [3.8, 4) is 0 Å². The van der Waals surface area contributed by atoms with Crippen LogP contribution in [0.5, 0.6) is 0 Å². The number of benzene rings is 1. The van der Waals surface area contributed by atoms with Crippen molar-refractivity contribution >= 4 is 17.5 Å². The van der Waals surface area contributed by atoms with Crippen molar-refractivity contribution in [3.63, 3.8) is 0 Å². The number of halogens is 1. The SMILES string of the molecule is CCc1ccccc1C(=O)NCCCCCCCl. The first-order valence-electron chi connectivity index (χ1n) is 6.71. The van der Waals surface area contributed by atoms with Crippen LogP contribution in [0.4, 0.5) is 0 Å². The molecule has 0 heterocycles. The van der Waals surface area contributed by atoms with Crippen LogP contribution < -0.4 is 5.32 Å². The number of aryl methyl sites for hydroxylation is 1. The van der Waals surface area contributed by atoms with Crippen molar-refractivity contribution in [1.82, 2.24) is 5.32 Å². The summed E-state index contributed by atoms with van der Waals surface area (Å²) >= 11 is 5.61. The highest BCUT2D eigenvalue weighted by molar-refractivity contribution is 6.17. The van der Waals surface area contributed by atoms with Crippen LogP contribution in [0, 0.1) is 0 Å². The smallest absolute Gasteiger partial charge is 0.251 e. The van der Waals surface area contributed by atoms with E-state index in [0.717, 1.165) is 55.7 Å². The Morgan fingerprint density at radius 1 is 1.17 bits per heavy atom. The van der Waals surface area contributed by atoms with Crippen molar-refractivity contribution in [3.05, 3.63) is 35.4 Å². The van der Waals surface area contributed by atoms with Crippen LogP contribution in [0.3, 0.4) is 0 Å². The second-order valence-electron chi connectivity index (χ2n) is 4.37. The van der Waals surface area contributed by atoms with Gasteiger partial charge in [0.05, 0.1) is 0 Å². The summed E-state index contributed by atoms with van der Waals surface area (Å²) in [6, 6.07) is 7.79. The molecule has 1 N–H and O–H groups in total. The first-order chi connectivity index (χ1) is 8.79. The van der Waals surface area contributed by atoms with Crippen LogP contribution in [0.15, 0.2) is 24.3 Å². The topological polar surface area (TPSA) is 29.1 Å². The van der Waals surface area contributed by atoms with E-state index in [1.807, 2.05) is 24.3 Å². The molecule has 0 spiro atoms. The van der Waals surface area contributed by atoms with E-state index in [1.54, 1.807) is 0 Å². The molecule has 0 saturated heterocycles. The molecule has 0 aromatic heterocycles. The van der Waals surface area contributed by atoms with Gasteiger partial charge in [-0.2, -0.15) is 0 Å². The monoisotopic (exact) mass is 267 g/mol. The van der Waals surface area contributed by atoms with E-state index in [4.69, 9.17) is 11.6 Å². The Morgan fingerprint density at radius 2 is 1.89 bits per heavy atom. The Morgan fingerprint density at radius 3 is 2.61 bits per heavy atom. The zero-order valence-electron chi connectivity index (χ0n) is 11.0. The molecule has 0 aliphatic rings. The van der Waals surface area contributed by atoms with E-state index in [1.165, 1.54) is 0 Å². The number of amides is 1. The molecule has 0 atom stereocenters. The number of nitrogens with one attached hydrogen (secondary N) is 1. The highest BCUT2D eigenvalue weighted by Gasteiger charge is 2.08. The maximum atomic E-state index is 12.0. The van der Waals surface area contributed by atoms with Crippen molar-refractivity contribution in [1.29, 1.82) is 0 Å². The van der Waals surface area contributed by atoms with E-state index in [9.17, 15) is 4.79 Å². The predicted octanol–water partition coefficient (Wildman–Crippen LogP) is 3.78. The molecule has 18 heavy (non-hydrogen) atoms. The van der Waals surface area contributed by atoms with Crippen molar-refractivity contribution in [2.75, 3.05) is 12.4 Å². The molecule has 0 fully saturated rings. The van der Waals surface area contributed by atoms with Gasteiger partial charge in [0.1, 0.15) is 0 Å². The van der Waals surface area contributed by atoms with Crippen LogP contribution in [-0.4, -0.2) is 18.3 Å². The molecule has 0 unspecified atom stereocenters. The Bertz CT molecular complexity index is 365. The lowest BCUT2D eigenvalue weighted by atomic mass is 10.0. The van der Waals surface area contributed by atoms with E-state index in [2.05, 4.69) is 12.2 Å². The van der Waals surface area contributed by atoms with Crippen molar-refractivity contribution < 1.29 is 4.79 Å². The molecule has 0 radical (unpaired) electrons. The van der Waals surface area contributed by atoms with Gasteiger partial charge in [-0.25, -0.2) is 0 Å². The molecule has 1 rings (SSSR count). The Labute approximate surface area is 115 Å². The van der Waals surface area contributed by atoms with Gasteiger partial charge in [-0.15, -0.1) is 11.6 Å². The fourth-order valence-electron chi connectivity index (χ4n) is 1.92. The fourth-order valence-corrected chi connectivity index (χ4v) is 2.11. The summed E-state index contributed by atoms with van der Waals surface area (Å²) in [6.07, 6.45) is 5.25. The van der Waals surface area contributed by atoms with Crippen molar-refractivity contribution in [2.24, 2.45) is 0 Å². The van der Waals surface area contributed by atoms with Gasteiger partial charge in [0.25, 0.3) is 5.91 Å². The summed E-state index contributed by atoms with van der Waals surface area (Å²) < 4.78 is 0. The Balaban J connectivity index is 2.32. The van der Waals surface area contributed by atoms with Gasteiger partial charge in [-0.05, 0) is 30.9 Å². The van der Waals surface area contributed by atoms with Crippen LogP contribution >= 0.6 is 11.6 Å². The first-order valence-corrected chi connectivity index (χ1v) is 7.25. The van der Waals surface area contributed by atoms with E-state index in [-0.39, 0.29) is 5.91 Å². The highest BCUT2D eigenvalue weighted by Crippen LogP contribution is 2.09. The molecule has 0 aliphatic carbocycles. The quantitative estimate of drug-likeness (QED) is 0.564. The molecule has 2 nitrogen and oxygen atoms in total. The summed E-state index contributed by atoms with van der Waals surface area (Å²) in [4.78, 5) is 12.0. The minimum Gasteiger partial charge on any atom is -0.352 e. The lowest BCUT2D eigenvalue weighted by Gasteiger charge is -2.08. The molecular weight excluding hydrogens is 246 g/mol. The summed E-state index contributed by atoms with van der Waals surface area (Å²) in [5, 5.41) is 2.98. The van der Waals surface area contributed by atoms with Gasteiger partial charge in [-0.3, -0.25) is 4.79 Å². The summed E-state index contributed by atoms with van der Waals surface area (Å²) in [7, 11) is 0. The first kappa shape index (κ1) is 15.0. The third-order valence-corrected chi connectivity index (χ3v) is 3.26. The Kier molecular flexibility index (Phi) is 7.51. The van der Waals surface area contributed by atoms with Crippen molar-refractivity contribution in [2.45, 2.75) is 39.0 Å². The summed E-state index contributed by atoms with van der Waals surface area (Å²) in [5.74, 6) is 0.778. The number of hydrogen-bond acceptors (Lipinski definition) is 1. The zero-order chi connectivity index (χ0) is 13.2. The molecule has 100 valence electrons. The van der Waals surface area contributed by atoms with Crippen LogP contribution in [-0.2, 0) is 6.42 Å². The zero-order valence-corrected chi connectivity index (χ0v) is 11.8. The number of unbranched alkanes of at least 4 members (excludes halogenated alkanes) is 3. The molecule has 3 heteroatoms. The normalized spacial score (nSPS) is 10.3. The lowest BCUT2D eigenvalue weighted by molar-refractivity contribution is 0.0952. The summed E-state index contributed by atoms with van der Waals surface area (Å²) in [5.41, 5.74) is 1.91. The Hall–Kier alpha value is -1.02. The minimum absolute atomic E-state index is 0.0461. The maximum absolute atomic E-state index is 12.0. The molecule has 0 saturated carbocycles. The molecule has 1 aromatic rings. The van der Waals surface area contributed by atoms with Crippen LogP contribution in [0.2, 0.25) is 0 Å². The summed E-state index contributed by atoms with van der Waals surface area (Å²) in [6.45, 7) is 2.82. The van der Waals surface area contributed by atoms with Crippen LogP contribution in [0.1, 0.15) is 48.5 Å². The number of carbonyl (C=O) groups excluding carboxylic acids is 1. The molecule has 0 aliphatic heterocycles. The standard InChI is InChI=1S/C15H22ClNO/c1-2-13-9-5-6-10-14(13)15(18)17-12-8-4-3-7-11-16/h5-6,9-10H,2-4,7-8,11-12H2,1H3,(H,17,18). The fraction of sp³-hybridized carbons (Fsp3) is 0.533. The third kappa shape index (κ3) is 5.09. The average molecular weight is 268 g/mol. The molecule has 1 aromatic carbocycles. The van der Waals surface area contributed by atoms with Gasteiger partial charge < -0.3 is 5.32 Å². The van der Waals surface area contributed by atoms with Gasteiger partial charge in [-0.1, -0.05) is 38.0 Å². The largest absolute Gasteiger partial charge is 0.352 e. The minimum atomic E-state index is 0.0461. The molecular formula is C15H22ClNO. The maximum Gasteiger partial charge on any atom is 0.251 e. The number of rotatable bonds is 8. The van der Waals surface area contributed by atoms with E-state index < -0.39 is 0 Å². The molecule has 0 bridgehead atoms. The van der Waals surface area contributed by atoms with Gasteiger partial charge in [0.2, 0.25) is 0 Å². The third-order valence-electron chi connectivity index (χ3n) is 2.99. The second kappa shape index (κ2) is 8.98. The number of hydrogen-bond donors (Lipinski definition) is 1. The van der Waals surface area contributed by atoms with Crippen LogP contribution in [0.25, 0.3) is 0 Å². The number of carbonyl (C=O) groups is 1. The van der Waals surface area contributed by atoms with Gasteiger partial charge >= 0.3 is 0 Å².